The molecule has 2 rings (SSSR count). The van der Waals surface area contributed by atoms with E-state index in [1.165, 1.54) is 6.92 Å². The summed E-state index contributed by atoms with van der Waals surface area (Å²) >= 11 is 0. The molecule has 2 aromatic carbocycles. The van der Waals surface area contributed by atoms with Crippen LogP contribution in [0.15, 0.2) is 42.5 Å². The Hall–Kier alpha value is -2.86. The summed E-state index contributed by atoms with van der Waals surface area (Å²) in [6.07, 6.45) is 0.809. The molecule has 6 heteroatoms. The molecule has 0 saturated heterocycles. The number of carbonyl (C=O) groups is 2. The van der Waals surface area contributed by atoms with Crippen LogP contribution in [0, 0.1) is 0 Å². The first kappa shape index (κ1) is 21.4. The van der Waals surface area contributed by atoms with E-state index in [1.54, 1.807) is 38.5 Å². The minimum absolute atomic E-state index is 0.0261. The van der Waals surface area contributed by atoms with Crippen LogP contribution >= 0.6 is 0 Å². The van der Waals surface area contributed by atoms with Gasteiger partial charge in [0.05, 0.1) is 27.8 Å². The van der Waals surface area contributed by atoms with Gasteiger partial charge in [0.15, 0.2) is 23.3 Å². The summed E-state index contributed by atoms with van der Waals surface area (Å²) in [5.74, 6) is 1.30. The van der Waals surface area contributed by atoms with Gasteiger partial charge in [0.1, 0.15) is 0 Å². The van der Waals surface area contributed by atoms with Crippen molar-refractivity contribution >= 4 is 17.4 Å². The Bertz CT molecular complexity index is 835. The van der Waals surface area contributed by atoms with Gasteiger partial charge >= 0.3 is 0 Å². The molecule has 0 bridgehead atoms. The average molecular weight is 385 g/mol. The van der Waals surface area contributed by atoms with Crippen molar-refractivity contribution in [2.45, 2.75) is 26.3 Å². The Morgan fingerprint density at radius 3 is 2.43 bits per heavy atom. The van der Waals surface area contributed by atoms with Crippen LogP contribution in [0.2, 0.25) is 0 Å². The molecule has 0 aliphatic carbocycles. The minimum Gasteiger partial charge on any atom is -0.493 e. The molecule has 0 saturated carbocycles. The fourth-order valence-corrected chi connectivity index (χ4v) is 2.88. The standard InChI is InChI=1S/C22H28N2O4/c1-15(22(26)23-19-8-6-7-18(14-19)16(2)25)24(3)12-11-17-9-10-20(27-4)21(13-17)28-5/h6-10,13-15H,11-12H2,1-5H3,(H,23,26)/p+1/t15-/m1/s1. The van der Waals surface area contributed by atoms with Crippen molar-refractivity contribution in [3.63, 3.8) is 0 Å². The maximum Gasteiger partial charge on any atom is 0.282 e. The smallest absolute Gasteiger partial charge is 0.282 e. The lowest BCUT2D eigenvalue weighted by molar-refractivity contribution is -0.893. The van der Waals surface area contributed by atoms with E-state index < -0.39 is 0 Å². The SMILES string of the molecule is COc1ccc(CC[NH+](C)[C@H](C)C(=O)Nc2cccc(C(C)=O)c2)cc1OC. The third-order valence-electron chi connectivity index (χ3n) is 4.93. The Labute approximate surface area is 166 Å². The Morgan fingerprint density at radius 1 is 1.07 bits per heavy atom. The molecule has 2 aromatic rings. The topological polar surface area (TPSA) is 69.1 Å². The average Bonchev–Trinajstić information content (AvgIpc) is 2.71. The van der Waals surface area contributed by atoms with Gasteiger partial charge in [0.25, 0.3) is 5.91 Å². The molecule has 0 aromatic heterocycles. The van der Waals surface area contributed by atoms with Crippen LogP contribution in [0.5, 0.6) is 11.5 Å². The van der Waals surface area contributed by atoms with Crippen molar-refractivity contribution in [2.75, 3.05) is 33.1 Å². The lowest BCUT2D eigenvalue weighted by atomic mass is 10.1. The number of amides is 1. The molecule has 1 unspecified atom stereocenters. The molecule has 0 aliphatic heterocycles. The van der Waals surface area contributed by atoms with Crippen molar-refractivity contribution < 1.29 is 24.0 Å². The molecule has 28 heavy (non-hydrogen) atoms. The van der Waals surface area contributed by atoms with Crippen LogP contribution in [-0.2, 0) is 11.2 Å². The molecule has 0 radical (unpaired) electrons. The van der Waals surface area contributed by atoms with E-state index in [2.05, 4.69) is 5.32 Å². The lowest BCUT2D eigenvalue weighted by Gasteiger charge is -2.21. The van der Waals surface area contributed by atoms with Crippen molar-refractivity contribution in [1.29, 1.82) is 0 Å². The monoisotopic (exact) mass is 385 g/mol. The number of anilines is 1. The van der Waals surface area contributed by atoms with Gasteiger partial charge in [-0.25, -0.2) is 0 Å². The van der Waals surface area contributed by atoms with Crippen LogP contribution in [0.3, 0.4) is 0 Å². The van der Waals surface area contributed by atoms with Gasteiger partial charge in [-0.3, -0.25) is 9.59 Å². The zero-order chi connectivity index (χ0) is 20.7. The second kappa shape index (κ2) is 9.90. The molecule has 0 heterocycles. The van der Waals surface area contributed by atoms with Gasteiger partial charge in [0.2, 0.25) is 0 Å². The van der Waals surface area contributed by atoms with Crippen molar-refractivity contribution in [3.8, 4) is 11.5 Å². The van der Waals surface area contributed by atoms with Crippen LogP contribution < -0.4 is 19.7 Å². The Kier molecular flexibility index (Phi) is 7.58. The minimum atomic E-state index is -0.235. The molecule has 0 fully saturated rings. The van der Waals surface area contributed by atoms with Crippen LogP contribution in [0.1, 0.15) is 29.8 Å². The van der Waals surface area contributed by atoms with Gasteiger partial charge in [-0.1, -0.05) is 18.2 Å². The largest absolute Gasteiger partial charge is 0.493 e. The summed E-state index contributed by atoms with van der Waals surface area (Å²) in [4.78, 5) is 25.2. The molecule has 0 spiro atoms. The molecule has 1 amide bonds. The zero-order valence-corrected chi connectivity index (χ0v) is 17.2. The van der Waals surface area contributed by atoms with Gasteiger partial charge in [-0.05, 0) is 43.7 Å². The molecular weight excluding hydrogens is 356 g/mol. The molecule has 6 nitrogen and oxygen atoms in total. The Balaban J connectivity index is 1.94. The lowest BCUT2D eigenvalue weighted by Crippen LogP contribution is -3.14. The highest BCUT2D eigenvalue weighted by atomic mass is 16.5. The number of carbonyl (C=O) groups excluding carboxylic acids is 2. The summed E-state index contributed by atoms with van der Waals surface area (Å²) in [7, 11) is 5.23. The summed E-state index contributed by atoms with van der Waals surface area (Å²) in [6.45, 7) is 4.20. The number of likely N-dealkylation sites (N-methyl/N-ethyl adjacent to an activating group) is 1. The predicted molar refractivity (Wildman–Crippen MR) is 110 cm³/mol. The third kappa shape index (κ3) is 5.57. The van der Waals surface area contributed by atoms with Crippen molar-refractivity contribution in [3.05, 3.63) is 53.6 Å². The van der Waals surface area contributed by atoms with E-state index in [4.69, 9.17) is 9.47 Å². The highest BCUT2D eigenvalue weighted by molar-refractivity contribution is 5.97. The second-order valence-corrected chi connectivity index (χ2v) is 6.88. The first-order chi connectivity index (χ1) is 13.3. The normalized spacial score (nSPS) is 12.8. The maximum atomic E-state index is 12.6. The predicted octanol–water partition coefficient (Wildman–Crippen LogP) is 1.99. The highest BCUT2D eigenvalue weighted by Crippen LogP contribution is 2.27. The summed E-state index contributed by atoms with van der Waals surface area (Å²) < 4.78 is 10.6. The number of methoxy groups -OCH3 is 2. The summed E-state index contributed by atoms with van der Waals surface area (Å²) in [5, 5.41) is 2.90. The third-order valence-corrected chi connectivity index (χ3v) is 4.93. The summed E-state index contributed by atoms with van der Waals surface area (Å²) in [6, 6.07) is 12.6. The van der Waals surface area contributed by atoms with Crippen LogP contribution in [0.4, 0.5) is 5.69 Å². The van der Waals surface area contributed by atoms with Crippen molar-refractivity contribution in [1.82, 2.24) is 0 Å². The van der Waals surface area contributed by atoms with E-state index in [-0.39, 0.29) is 17.7 Å². The van der Waals surface area contributed by atoms with Gasteiger partial charge in [-0.15, -0.1) is 0 Å². The molecule has 2 atom stereocenters. The number of Topliss-reactive ketones (excluding diaryl/α,β-unsaturated/α-hetero) is 1. The first-order valence-corrected chi connectivity index (χ1v) is 9.30. The van der Waals surface area contributed by atoms with E-state index in [9.17, 15) is 9.59 Å². The summed E-state index contributed by atoms with van der Waals surface area (Å²) in [5.41, 5.74) is 2.34. The van der Waals surface area contributed by atoms with Crippen LogP contribution in [-0.4, -0.2) is 45.5 Å². The molecule has 2 N–H and O–H groups in total. The number of ketones is 1. The van der Waals surface area contributed by atoms with Crippen molar-refractivity contribution in [2.24, 2.45) is 0 Å². The number of hydrogen-bond acceptors (Lipinski definition) is 4. The highest BCUT2D eigenvalue weighted by Gasteiger charge is 2.22. The Morgan fingerprint density at radius 2 is 1.79 bits per heavy atom. The number of ether oxygens (including phenoxy) is 2. The maximum absolute atomic E-state index is 12.6. The van der Waals surface area contributed by atoms with E-state index in [0.29, 0.717) is 22.7 Å². The van der Waals surface area contributed by atoms with Gasteiger partial charge < -0.3 is 19.7 Å². The number of hydrogen-bond donors (Lipinski definition) is 2. The number of quaternary nitrogens is 1. The fourth-order valence-electron chi connectivity index (χ4n) is 2.88. The van der Waals surface area contributed by atoms with E-state index in [0.717, 1.165) is 23.4 Å². The van der Waals surface area contributed by atoms with Gasteiger partial charge in [-0.2, -0.15) is 0 Å². The van der Waals surface area contributed by atoms with E-state index >= 15 is 0 Å². The first-order valence-electron chi connectivity index (χ1n) is 9.30. The molecular formula is C22H29N2O4+. The van der Waals surface area contributed by atoms with Gasteiger partial charge in [0, 0.05) is 17.7 Å². The van der Waals surface area contributed by atoms with E-state index in [1.807, 2.05) is 32.2 Å². The molecule has 0 aliphatic rings. The fraction of sp³-hybridized carbons (Fsp3) is 0.364. The number of benzene rings is 2. The molecule has 150 valence electrons. The zero-order valence-electron chi connectivity index (χ0n) is 17.2. The number of rotatable bonds is 9. The number of nitrogens with one attached hydrogen (secondary N) is 2. The van der Waals surface area contributed by atoms with Crippen LogP contribution in [0.25, 0.3) is 0 Å². The quantitative estimate of drug-likeness (QED) is 0.648. The second-order valence-electron chi connectivity index (χ2n) is 6.88.